The van der Waals surface area contributed by atoms with E-state index in [1.165, 1.54) is 5.56 Å². The van der Waals surface area contributed by atoms with Gasteiger partial charge in [-0.15, -0.1) is 0 Å². The number of amides is 3. The van der Waals surface area contributed by atoms with Crippen LogP contribution < -0.4 is 10.2 Å². The number of carbonyl (C=O) groups excluding carboxylic acids is 2. The number of benzene rings is 2. The van der Waals surface area contributed by atoms with Crippen LogP contribution in [0.2, 0.25) is 0 Å². The summed E-state index contributed by atoms with van der Waals surface area (Å²) in [6.07, 6.45) is 3.51. The summed E-state index contributed by atoms with van der Waals surface area (Å²) in [5, 5.41) is 3.07. The van der Waals surface area contributed by atoms with Gasteiger partial charge in [-0.05, 0) is 42.9 Å². The number of nitrogens with zero attached hydrogens (tertiary/aromatic N) is 2. The SMILES string of the molecule is O=C(N[C@@H]1CC(=O)N(c2ccccc2)C1)N1CCC(Cc2ccccc2)CC1. The predicted octanol–water partition coefficient (Wildman–Crippen LogP) is 3.46. The molecule has 2 aromatic carbocycles. The van der Waals surface area contributed by atoms with Crippen molar-refractivity contribution in [2.75, 3.05) is 24.5 Å². The monoisotopic (exact) mass is 377 g/mol. The fraction of sp³-hybridized carbons (Fsp3) is 0.391. The van der Waals surface area contributed by atoms with E-state index in [2.05, 4.69) is 29.6 Å². The lowest BCUT2D eigenvalue weighted by Gasteiger charge is -2.33. The van der Waals surface area contributed by atoms with Gasteiger partial charge in [0.15, 0.2) is 0 Å². The molecule has 1 N–H and O–H groups in total. The minimum absolute atomic E-state index is 0.0362. The van der Waals surface area contributed by atoms with Crippen molar-refractivity contribution in [2.24, 2.45) is 5.92 Å². The Balaban J connectivity index is 1.25. The van der Waals surface area contributed by atoms with Crippen molar-refractivity contribution in [1.29, 1.82) is 0 Å². The normalized spacial score (nSPS) is 20.4. The van der Waals surface area contributed by atoms with Gasteiger partial charge >= 0.3 is 6.03 Å². The van der Waals surface area contributed by atoms with E-state index in [-0.39, 0.29) is 18.0 Å². The van der Waals surface area contributed by atoms with Gasteiger partial charge in [-0.1, -0.05) is 48.5 Å². The van der Waals surface area contributed by atoms with E-state index in [4.69, 9.17) is 0 Å². The van der Waals surface area contributed by atoms with Crippen LogP contribution in [0.4, 0.5) is 10.5 Å². The second-order valence-electron chi connectivity index (χ2n) is 7.81. The lowest BCUT2D eigenvalue weighted by atomic mass is 9.90. The van der Waals surface area contributed by atoms with E-state index in [1.54, 1.807) is 4.90 Å². The van der Waals surface area contributed by atoms with Gasteiger partial charge in [-0.2, -0.15) is 0 Å². The van der Waals surface area contributed by atoms with Crippen molar-refractivity contribution >= 4 is 17.6 Å². The molecule has 2 aromatic rings. The summed E-state index contributed by atoms with van der Waals surface area (Å²) >= 11 is 0. The number of carbonyl (C=O) groups is 2. The molecule has 28 heavy (non-hydrogen) atoms. The van der Waals surface area contributed by atoms with E-state index in [0.717, 1.165) is 38.0 Å². The molecule has 2 fully saturated rings. The zero-order chi connectivity index (χ0) is 19.3. The average molecular weight is 377 g/mol. The molecule has 0 aliphatic carbocycles. The lowest BCUT2D eigenvalue weighted by Crippen LogP contribution is -2.48. The number of piperidine rings is 1. The molecule has 4 rings (SSSR count). The number of rotatable bonds is 4. The fourth-order valence-electron chi connectivity index (χ4n) is 4.22. The summed E-state index contributed by atoms with van der Waals surface area (Å²) in [6.45, 7) is 2.11. The molecular formula is C23H27N3O2. The maximum Gasteiger partial charge on any atom is 0.317 e. The minimum atomic E-state index is -0.123. The summed E-state index contributed by atoms with van der Waals surface area (Å²) < 4.78 is 0. The van der Waals surface area contributed by atoms with Crippen molar-refractivity contribution in [2.45, 2.75) is 31.7 Å². The van der Waals surface area contributed by atoms with E-state index in [9.17, 15) is 9.59 Å². The number of nitrogens with one attached hydrogen (secondary N) is 1. The Hall–Kier alpha value is -2.82. The minimum Gasteiger partial charge on any atom is -0.333 e. The highest BCUT2D eigenvalue weighted by Crippen LogP contribution is 2.23. The molecule has 0 aromatic heterocycles. The highest BCUT2D eigenvalue weighted by molar-refractivity contribution is 5.96. The molecule has 5 heteroatoms. The van der Waals surface area contributed by atoms with Crippen LogP contribution in [0.15, 0.2) is 60.7 Å². The number of para-hydroxylation sites is 1. The van der Waals surface area contributed by atoms with Crippen LogP contribution >= 0.6 is 0 Å². The summed E-state index contributed by atoms with van der Waals surface area (Å²) in [5.41, 5.74) is 2.27. The summed E-state index contributed by atoms with van der Waals surface area (Å²) in [4.78, 5) is 28.6. The van der Waals surface area contributed by atoms with Gasteiger partial charge < -0.3 is 15.1 Å². The van der Waals surface area contributed by atoms with E-state index in [0.29, 0.717) is 18.9 Å². The van der Waals surface area contributed by atoms with Crippen molar-refractivity contribution in [3.63, 3.8) is 0 Å². The lowest BCUT2D eigenvalue weighted by molar-refractivity contribution is -0.117. The summed E-state index contributed by atoms with van der Waals surface area (Å²) in [5.74, 6) is 0.700. The Kier molecular flexibility index (Phi) is 5.60. The van der Waals surface area contributed by atoms with E-state index < -0.39 is 0 Å². The first-order valence-electron chi connectivity index (χ1n) is 10.1. The molecule has 146 valence electrons. The Bertz CT molecular complexity index is 801. The Labute approximate surface area is 166 Å². The standard InChI is InChI=1S/C23H27N3O2/c27-22-16-20(17-26(22)21-9-5-2-6-10-21)24-23(28)25-13-11-19(12-14-25)15-18-7-3-1-4-8-18/h1-10,19-20H,11-17H2,(H,24,28)/t20-/m1/s1. The average Bonchev–Trinajstić information content (AvgIpc) is 3.10. The number of anilines is 1. The third-order valence-electron chi connectivity index (χ3n) is 5.79. The predicted molar refractivity (Wildman–Crippen MR) is 110 cm³/mol. The third kappa shape index (κ3) is 4.35. The largest absolute Gasteiger partial charge is 0.333 e. The molecule has 0 spiro atoms. The number of hydrogen-bond acceptors (Lipinski definition) is 2. The highest BCUT2D eigenvalue weighted by Gasteiger charge is 2.33. The van der Waals surface area contributed by atoms with E-state index >= 15 is 0 Å². The molecule has 0 saturated carbocycles. The molecule has 3 amide bonds. The number of hydrogen-bond donors (Lipinski definition) is 1. The molecule has 0 unspecified atom stereocenters. The van der Waals surface area contributed by atoms with Gasteiger partial charge in [0.25, 0.3) is 0 Å². The van der Waals surface area contributed by atoms with Gasteiger partial charge in [0.2, 0.25) is 5.91 Å². The molecule has 5 nitrogen and oxygen atoms in total. The van der Waals surface area contributed by atoms with Crippen molar-refractivity contribution < 1.29 is 9.59 Å². The smallest absolute Gasteiger partial charge is 0.317 e. The molecular weight excluding hydrogens is 350 g/mol. The molecule has 2 aliphatic heterocycles. The molecule has 0 bridgehead atoms. The van der Waals surface area contributed by atoms with Crippen molar-refractivity contribution in [3.8, 4) is 0 Å². The van der Waals surface area contributed by atoms with Crippen LogP contribution in [0.1, 0.15) is 24.8 Å². The number of urea groups is 1. The van der Waals surface area contributed by atoms with Gasteiger partial charge in [-0.3, -0.25) is 4.79 Å². The summed E-state index contributed by atoms with van der Waals surface area (Å²) in [6, 6.07) is 20.0. The number of likely N-dealkylation sites (tertiary alicyclic amines) is 1. The Morgan fingerprint density at radius 3 is 2.29 bits per heavy atom. The Morgan fingerprint density at radius 2 is 1.61 bits per heavy atom. The van der Waals surface area contributed by atoms with Crippen LogP contribution in [0.3, 0.4) is 0 Å². The molecule has 2 heterocycles. The first kappa shape index (κ1) is 18.5. The molecule has 1 atom stereocenters. The van der Waals surface area contributed by atoms with Crippen molar-refractivity contribution in [1.82, 2.24) is 10.2 Å². The van der Waals surface area contributed by atoms with Gasteiger partial charge in [0, 0.05) is 31.7 Å². The first-order chi connectivity index (χ1) is 13.7. The molecule has 2 aliphatic rings. The summed E-state index contributed by atoms with van der Waals surface area (Å²) in [7, 11) is 0. The second kappa shape index (κ2) is 8.46. The Morgan fingerprint density at radius 1 is 0.964 bits per heavy atom. The topological polar surface area (TPSA) is 52.7 Å². The highest BCUT2D eigenvalue weighted by atomic mass is 16.2. The first-order valence-corrected chi connectivity index (χ1v) is 10.1. The fourth-order valence-corrected chi connectivity index (χ4v) is 4.22. The van der Waals surface area contributed by atoms with Crippen LogP contribution in [0.25, 0.3) is 0 Å². The molecule has 0 radical (unpaired) electrons. The maximum atomic E-state index is 12.7. The van der Waals surface area contributed by atoms with E-state index in [1.807, 2.05) is 41.3 Å². The van der Waals surface area contributed by atoms with Gasteiger partial charge in [-0.25, -0.2) is 4.79 Å². The van der Waals surface area contributed by atoms with Crippen LogP contribution in [0.5, 0.6) is 0 Å². The van der Waals surface area contributed by atoms with Crippen molar-refractivity contribution in [3.05, 3.63) is 66.2 Å². The second-order valence-corrected chi connectivity index (χ2v) is 7.81. The zero-order valence-electron chi connectivity index (χ0n) is 16.1. The quantitative estimate of drug-likeness (QED) is 0.887. The van der Waals surface area contributed by atoms with Crippen LogP contribution in [0, 0.1) is 5.92 Å². The van der Waals surface area contributed by atoms with Gasteiger partial charge in [0.1, 0.15) is 0 Å². The maximum absolute atomic E-state index is 12.7. The van der Waals surface area contributed by atoms with Crippen LogP contribution in [-0.4, -0.2) is 42.5 Å². The van der Waals surface area contributed by atoms with Crippen LogP contribution in [-0.2, 0) is 11.2 Å². The zero-order valence-corrected chi connectivity index (χ0v) is 16.1. The van der Waals surface area contributed by atoms with Gasteiger partial charge in [0.05, 0.1) is 6.04 Å². The third-order valence-corrected chi connectivity index (χ3v) is 5.79. The molecule has 2 saturated heterocycles.